The fourth-order valence-electron chi connectivity index (χ4n) is 1.40. The van der Waals surface area contributed by atoms with Gasteiger partial charge in [-0.2, -0.15) is 5.26 Å². The van der Waals surface area contributed by atoms with Crippen molar-refractivity contribution in [2.45, 2.75) is 26.9 Å². The Hall–Kier alpha value is -1.40. The zero-order valence-corrected chi connectivity index (χ0v) is 9.08. The molecule has 80 valence electrons. The lowest BCUT2D eigenvalue weighted by molar-refractivity contribution is 0.0861. The minimum atomic E-state index is -0.900. The molecule has 0 aliphatic carbocycles. The van der Waals surface area contributed by atoms with Crippen molar-refractivity contribution < 1.29 is 9.50 Å². The maximum absolute atomic E-state index is 12.8. The van der Waals surface area contributed by atoms with Gasteiger partial charge in [0.25, 0.3) is 0 Å². The fraction of sp³-hybridized carbons (Fsp3) is 0.417. The largest absolute Gasteiger partial charge is 0.387 e. The van der Waals surface area contributed by atoms with E-state index in [4.69, 9.17) is 5.26 Å². The molecule has 1 rings (SSSR count). The van der Waals surface area contributed by atoms with Gasteiger partial charge in [0.1, 0.15) is 5.82 Å². The Morgan fingerprint density at radius 2 is 2.07 bits per heavy atom. The minimum absolute atomic E-state index is 0.335. The maximum atomic E-state index is 12.8. The Labute approximate surface area is 89.0 Å². The molecule has 2 nitrogen and oxygen atoms in total. The van der Waals surface area contributed by atoms with Gasteiger partial charge in [-0.3, -0.25) is 0 Å². The van der Waals surface area contributed by atoms with Crippen LogP contribution in [0.15, 0.2) is 18.2 Å². The van der Waals surface area contributed by atoms with E-state index in [1.54, 1.807) is 20.8 Å². The second kappa shape index (κ2) is 4.00. The van der Waals surface area contributed by atoms with Gasteiger partial charge in [0.15, 0.2) is 0 Å². The van der Waals surface area contributed by atoms with Crippen LogP contribution in [-0.2, 0) is 0 Å². The molecule has 0 aliphatic rings. The van der Waals surface area contributed by atoms with Crippen LogP contribution in [0.4, 0.5) is 4.39 Å². The summed E-state index contributed by atoms with van der Waals surface area (Å²) < 4.78 is 12.8. The van der Waals surface area contributed by atoms with Crippen molar-refractivity contribution >= 4 is 0 Å². The van der Waals surface area contributed by atoms with Crippen molar-refractivity contribution in [3.8, 4) is 6.07 Å². The molecule has 0 amide bonds. The molecule has 0 aliphatic heterocycles. The van der Waals surface area contributed by atoms with Crippen LogP contribution >= 0.6 is 0 Å². The van der Waals surface area contributed by atoms with E-state index in [0.29, 0.717) is 11.1 Å². The molecule has 1 aromatic carbocycles. The SMILES string of the molecule is Cc1cc(F)ccc1C(O)C(C)(C)C#N. The standard InChI is InChI=1S/C12H14FNO/c1-8-6-9(13)4-5-10(8)11(15)12(2,3)7-14/h4-6,11,15H,1-3H3. The fourth-order valence-corrected chi connectivity index (χ4v) is 1.40. The van der Waals surface area contributed by atoms with Gasteiger partial charge in [-0.05, 0) is 44.0 Å². The normalized spacial score (nSPS) is 13.3. The van der Waals surface area contributed by atoms with E-state index in [0.717, 1.165) is 0 Å². The van der Waals surface area contributed by atoms with Gasteiger partial charge in [0, 0.05) is 0 Å². The maximum Gasteiger partial charge on any atom is 0.123 e. The highest BCUT2D eigenvalue weighted by Gasteiger charge is 2.29. The second-order valence-corrected chi connectivity index (χ2v) is 4.24. The highest BCUT2D eigenvalue weighted by molar-refractivity contribution is 5.30. The number of aliphatic hydroxyl groups excluding tert-OH is 1. The number of hydrogen-bond donors (Lipinski definition) is 1. The van der Waals surface area contributed by atoms with E-state index in [1.807, 2.05) is 6.07 Å². The molecule has 3 heteroatoms. The molecule has 0 heterocycles. The first-order valence-electron chi connectivity index (χ1n) is 4.74. The zero-order chi connectivity index (χ0) is 11.6. The topological polar surface area (TPSA) is 44.0 Å². The summed E-state index contributed by atoms with van der Waals surface area (Å²) in [5.74, 6) is -0.335. The first kappa shape index (κ1) is 11.7. The number of nitriles is 1. The summed E-state index contributed by atoms with van der Waals surface area (Å²) in [6, 6.07) is 6.20. The van der Waals surface area contributed by atoms with Gasteiger partial charge in [0.2, 0.25) is 0 Å². The molecule has 0 fully saturated rings. The molecule has 0 aromatic heterocycles. The van der Waals surface area contributed by atoms with Crippen molar-refractivity contribution in [3.63, 3.8) is 0 Å². The van der Waals surface area contributed by atoms with Crippen LogP contribution in [0.25, 0.3) is 0 Å². The van der Waals surface area contributed by atoms with Crippen molar-refractivity contribution in [1.29, 1.82) is 5.26 Å². The molecule has 0 saturated heterocycles. The van der Waals surface area contributed by atoms with Crippen molar-refractivity contribution in [2.75, 3.05) is 0 Å². The van der Waals surface area contributed by atoms with Crippen LogP contribution in [0.3, 0.4) is 0 Å². The lowest BCUT2D eigenvalue weighted by Gasteiger charge is -2.24. The number of halogens is 1. The smallest absolute Gasteiger partial charge is 0.123 e. The van der Waals surface area contributed by atoms with E-state index < -0.39 is 11.5 Å². The van der Waals surface area contributed by atoms with Crippen LogP contribution in [0.5, 0.6) is 0 Å². The van der Waals surface area contributed by atoms with Crippen molar-refractivity contribution in [1.82, 2.24) is 0 Å². The average Bonchev–Trinajstić information content (AvgIpc) is 2.17. The predicted octanol–water partition coefficient (Wildman–Crippen LogP) is 2.72. The summed E-state index contributed by atoms with van der Waals surface area (Å²) >= 11 is 0. The average molecular weight is 207 g/mol. The number of benzene rings is 1. The van der Waals surface area contributed by atoms with E-state index in [9.17, 15) is 9.50 Å². The van der Waals surface area contributed by atoms with E-state index in [1.165, 1.54) is 18.2 Å². The molecule has 1 N–H and O–H groups in total. The molecule has 0 radical (unpaired) electrons. The molecule has 0 spiro atoms. The highest BCUT2D eigenvalue weighted by Crippen LogP contribution is 2.34. The molecule has 0 saturated carbocycles. The first-order chi connectivity index (χ1) is 6.88. The molecule has 1 aromatic rings. The van der Waals surface area contributed by atoms with Crippen LogP contribution in [0.2, 0.25) is 0 Å². The van der Waals surface area contributed by atoms with Crippen molar-refractivity contribution in [2.24, 2.45) is 5.41 Å². The molecule has 0 bridgehead atoms. The third-order valence-electron chi connectivity index (χ3n) is 2.50. The van der Waals surface area contributed by atoms with Gasteiger partial charge < -0.3 is 5.11 Å². The Morgan fingerprint density at radius 3 is 2.53 bits per heavy atom. The third kappa shape index (κ3) is 2.34. The van der Waals surface area contributed by atoms with Crippen LogP contribution in [-0.4, -0.2) is 5.11 Å². The van der Waals surface area contributed by atoms with Gasteiger partial charge in [0.05, 0.1) is 17.6 Å². The molecule has 15 heavy (non-hydrogen) atoms. The Bertz CT molecular complexity index is 407. The summed E-state index contributed by atoms with van der Waals surface area (Å²) in [5, 5.41) is 18.9. The second-order valence-electron chi connectivity index (χ2n) is 4.24. The van der Waals surface area contributed by atoms with Gasteiger partial charge >= 0.3 is 0 Å². The van der Waals surface area contributed by atoms with Gasteiger partial charge in [-0.15, -0.1) is 0 Å². The molecule has 1 unspecified atom stereocenters. The quantitative estimate of drug-likeness (QED) is 0.810. The van der Waals surface area contributed by atoms with Crippen LogP contribution in [0.1, 0.15) is 31.1 Å². The first-order valence-corrected chi connectivity index (χ1v) is 4.74. The van der Waals surface area contributed by atoms with Crippen LogP contribution in [0, 0.1) is 29.5 Å². The van der Waals surface area contributed by atoms with E-state index >= 15 is 0 Å². The Morgan fingerprint density at radius 1 is 1.47 bits per heavy atom. The number of rotatable bonds is 2. The number of aryl methyl sites for hydroxylation is 1. The zero-order valence-electron chi connectivity index (χ0n) is 9.08. The minimum Gasteiger partial charge on any atom is -0.387 e. The van der Waals surface area contributed by atoms with Crippen LogP contribution < -0.4 is 0 Å². The van der Waals surface area contributed by atoms with Gasteiger partial charge in [-0.1, -0.05) is 6.07 Å². The van der Waals surface area contributed by atoms with Gasteiger partial charge in [-0.25, -0.2) is 4.39 Å². The monoisotopic (exact) mass is 207 g/mol. The summed E-state index contributed by atoms with van der Waals surface area (Å²) in [6.45, 7) is 5.02. The third-order valence-corrected chi connectivity index (χ3v) is 2.50. The highest BCUT2D eigenvalue weighted by atomic mass is 19.1. The predicted molar refractivity (Wildman–Crippen MR) is 55.5 cm³/mol. The summed E-state index contributed by atoms with van der Waals surface area (Å²) in [4.78, 5) is 0. The number of nitrogens with zero attached hydrogens (tertiary/aromatic N) is 1. The number of hydrogen-bond acceptors (Lipinski definition) is 2. The Balaban J connectivity index is 3.13. The molecular formula is C12H14FNO. The van der Waals surface area contributed by atoms with E-state index in [2.05, 4.69) is 0 Å². The Kier molecular flexibility index (Phi) is 3.11. The summed E-state index contributed by atoms with van der Waals surface area (Å²) in [7, 11) is 0. The summed E-state index contributed by atoms with van der Waals surface area (Å²) in [5.41, 5.74) is 0.386. The molecule has 1 atom stereocenters. The molecular weight excluding hydrogens is 193 g/mol. The van der Waals surface area contributed by atoms with Crippen molar-refractivity contribution in [3.05, 3.63) is 35.1 Å². The number of aliphatic hydroxyl groups is 1. The summed E-state index contributed by atoms with van der Waals surface area (Å²) in [6.07, 6.45) is -0.900. The lowest BCUT2D eigenvalue weighted by atomic mass is 9.83. The lowest BCUT2D eigenvalue weighted by Crippen LogP contribution is -2.20. The van der Waals surface area contributed by atoms with E-state index in [-0.39, 0.29) is 5.82 Å².